The Labute approximate surface area is 132 Å². The number of hydrogen-bond donors (Lipinski definition) is 2. The molecule has 2 N–H and O–H groups in total. The summed E-state index contributed by atoms with van der Waals surface area (Å²) in [6.45, 7) is 2.25. The summed E-state index contributed by atoms with van der Waals surface area (Å²) in [7, 11) is 0. The molecule has 2 nitrogen and oxygen atoms in total. The van der Waals surface area contributed by atoms with Crippen LogP contribution in [0.3, 0.4) is 0 Å². The summed E-state index contributed by atoms with van der Waals surface area (Å²) >= 11 is 0. The third-order valence-electron chi connectivity index (χ3n) is 6.88. The van der Waals surface area contributed by atoms with Crippen LogP contribution in [0.15, 0.2) is 18.2 Å². The van der Waals surface area contributed by atoms with E-state index in [-0.39, 0.29) is 17.4 Å². The summed E-state index contributed by atoms with van der Waals surface area (Å²) in [5.74, 6) is 5.15. The Morgan fingerprint density at radius 1 is 1.27 bits per heavy atom. The second-order valence-electron chi connectivity index (χ2n) is 7.79. The van der Waals surface area contributed by atoms with E-state index in [1.54, 1.807) is 6.07 Å². The average molecular weight is 296 g/mol. The first-order chi connectivity index (χ1) is 10.5. The number of rotatable bonds is 0. The van der Waals surface area contributed by atoms with Gasteiger partial charge in [0.1, 0.15) is 5.75 Å². The number of hydrogen-bond acceptors (Lipinski definition) is 2. The highest BCUT2D eigenvalue weighted by Crippen LogP contribution is 2.62. The van der Waals surface area contributed by atoms with E-state index < -0.39 is 0 Å². The lowest BCUT2D eigenvalue weighted by Gasteiger charge is -2.52. The standard InChI is InChI=1S/C20H24O2/c1-3-12-11-20(2)17(8-9-18(20)22)16-6-4-13-10-14(21)5-7-15(13)19(12)16/h1,5,7,10,12,16-19,21-22H,4,6,8-9,11H2,2H3/t12-,16-,17-,18-,19+,20-/m0/s1. The van der Waals surface area contributed by atoms with Crippen molar-refractivity contribution < 1.29 is 10.2 Å². The molecule has 0 aromatic heterocycles. The maximum absolute atomic E-state index is 10.5. The topological polar surface area (TPSA) is 40.5 Å². The molecule has 2 fully saturated rings. The average Bonchev–Trinajstić information content (AvgIpc) is 2.81. The van der Waals surface area contributed by atoms with Gasteiger partial charge < -0.3 is 10.2 Å². The van der Waals surface area contributed by atoms with Gasteiger partial charge in [0, 0.05) is 11.8 Å². The summed E-state index contributed by atoms with van der Waals surface area (Å²) in [4.78, 5) is 0. The van der Waals surface area contributed by atoms with E-state index in [9.17, 15) is 10.2 Å². The van der Waals surface area contributed by atoms with Crippen molar-refractivity contribution >= 4 is 0 Å². The van der Waals surface area contributed by atoms with Crippen molar-refractivity contribution in [1.29, 1.82) is 0 Å². The molecular weight excluding hydrogens is 272 g/mol. The Bertz CT molecular complexity index is 644. The highest BCUT2D eigenvalue weighted by molar-refractivity contribution is 5.41. The zero-order valence-corrected chi connectivity index (χ0v) is 13.1. The van der Waals surface area contributed by atoms with Crippen molar-refractivity contribution in [3.8, 4) is 18.1 Å². The lowest BCUT2D eigenvalue weighted by atomic mass is 9.52. The Kier molecular flexibility index (Phi) is 3.07. The molecule has 3 aliphatic rings. The number of phenols is 1. The number of benzene rings is 1. The molecule has 0 radical (unpaired) electrons. The van der Waals surface area contributed by atoms with E-state index in [1.807, 2.05) is 6.07 Å². The maximum Gasteiger partial charge on any atom is 0.115 e. The van der Waals surface area contributed by atoms with Crippen molar-refractivity contribution in [1.82, 2.24) is 0 Å². The van der Waals surface area contributed by atoms with Crippen molar-refractivity contribution in [2.45, 2.75) is 51.0 Å². The number of fused-ring (bicyclic) bond motifs is 5. The Morgan fingerprint density at radius 2 is 2.09 bits per heavy atom. The minimum atomic E-state index is -0.199. The maximum atomic E-state index is 10.5. The van der Waals surface area contributed by atoms with Crippen molar-refractivity contribution in [2.24, 2.45) is 23.2 Å². The molecule has 1 aromatic rings. The van der Waals surface area contributed by atoms with Gasteiger partial charge in [-0.25, -0.2) is 0 Å². The summed E-state index contributed by atoms with van der Waals surface area (Å²) < 4.78 is 0. The molecule has 0 bridgehead atoms. The minimum Gasteiger partial charge on any atom is -0.508 e. The van der Waals surface area contributed by atoms with Gasteiger partial charge in [0.25, 0.3) is 0 Å². The van der Waals surface area contributed by atoms with E-state index in [2.05, 4.69) is 18.9 Å². The second kappa shape index (κ2) is 4.77. The van der Waals surface area contributed by atoms with Gasteiger partial charge >= 0.3 is 0 Å². The third-order valence-corrected chi connectivity index (χ3v) is 6.88. The lowest BCUT2D eigenvalue weighted by molar-refractivity contribution is -0.0366. The number of aromatic hydroxyl groups is 1. The van der Waals surface area contributed by atoms with Crippen molar-refractivity contribution in [3.63, 3.8) is 0 Å². The van der Waals surface area contributed by atoms with Gasteiger partial charge in [0.2, 0.25) is 0 Å². The molecular formula is C20H24O2. The molecule has 22 heavy (non-hydrogen) atoms. The Morgan fingerprint density at radius 3 is 2.86 bits per heavy atom. The molecule has 0 heterocycles. The molecule has 0 unspecified atom stereocenters. The van der Waals surface area contributed by atoms with Crippen LogP contribution >= 0.6 is 0 Å². The van der Waals surface area contributed by atoms with Gasteiger partial charge in [-0.05, 0) is 72.6 Å². The number of terminal acetylenes is 1. The van der Waals surface area contributed by atoms with Gasteiger partial charge in [-0.1, -0.05) is 13.0 Å². The quantitative estimate of drug-likeness (QED) is 0.720. The first-order valence-corrected chi connectivity index (χ1v) is 8.50. The molecule has 0 amide bonds. The van der Waals surface area contributed by atoms with Gasteiger partial charge in [0.15, 0.2) is 0 Å². The highest BCUT2D eigenvalue weighted by atomic mass is 16.3. The minimum absolute atomic E-state index is 0.00732. The molecule has 0 spiro atoms. The smallest absolute Gasteiger partial charge is 0.115 e. The monoisotopic (exact) mass is 296 g/mol. The van der Waals surface area contributed by atoms with Crippen LogP contribution in [0.25, 0.3) is 0 Å². The fraction of sp³-hybridized carbons (Fsp3) is 0.600. The molecule has 0 aliphatic heterocycles. The normalized spacial score (nSPS) is 42.9. The number of aliphatic hydroxyl groups is 1. The van der Waals surface area contributed by atoms with Gasteiger partial charge in [0.05, 0.1) is 6.10 Å². The molecule has 4 rings (SSSR count). The molecule has 116 valence electrons. The number of aryl methyl sites for hydroxylation is 1. The van der Waals surface area contributed by atoms with Crippen LogP contribution in [-0.4, -0.2) is 16.3 Å². The van der Waals surface area contributed by atoms with E-state index in [4.69, 9.17) is 6.42 Å². The van der Waals surface area contributed by atoms with E-state index >= 15 is 0 Å². The Hall–Kier alpha value is -1.46. The van der Waals surface area contributed by atoms with Crippen LogP contribution in [0.5, 0.6) is 5.75 Å². The fourth-order valence-corrected chi connectivity index (χ4v) is 5.83. The van der Waals surface area contributed by atoms with Crippen LogP contribution in [-0.2, 0) is 6.42 Å². The first kappa shape index (κ1) is 14.2. The SMILES string of the molecule is C#C[C@H]1C[C@]2(C)[C@@H](O)CC[C@H]2[C@@H]2CCc3cc(O)ccc3[C@H]21. The summed E-state index contributed by atoms with van der Waals surface area (Å²) in [6, 6.07) is 5.79. The molecule has 6 atom stereocenters. The number of aliphatic hydroxyl groups excluding tert-OH is 1. The summed E-state index contributed by atoms with van der Waals surface area (Å²) in [5.41, 5.74) is 2.61. The molecule has 0 saturated heterocycles. The first-order valence-electron chi connectivity index (χ1n) is 8.50. The number of phenolic OH excluding ortho intramolecular Hbond substituents is 1. The van der Waals surface area contributed by atoms with Crippen LogP contribution < -0.4 is 0 Å². The molecule has 3 aliphatic carbocycles. The van der Waals surface area contributed by atoms with Crippen LogP contribution in [0.1, 0.15) is 49.7 Å². The largest absolute Gasteiger partial charge is 0.508 e. The highest BCUT2D eigenvalue weighted by Gasteiger charge is 2.57. The zero-order chi connectivity index (χ0) is 15.5. The Balaban J connectivity index is 1.80. The predicted molar refractivity (Wildman–Crippen MR) is 86.4 cm³/mol. The van der Waals surface area contributed by atoms with Crippen LogP contribution in [0, 0.1) is 35.5 Å². The van der Waals surface area contributed by atoms with Crippen LogP contribution in [0.2, 0.25) is 0 Å². The molecule has 2 saturated carbocycles. The van der Waals surface area contributed by atoms with Crippen LogP contribution in [0.4, 0.5) is 0 Å². The van der Waals surface area contributed by atoms with Crippen molar-refractivity contribution in [3.05, 3.63) is 29.3 Å². The third kappa shape index (κ3) is 1.78. The van der Waals surface area contributed by atoms with E-state index in [0.29, 0.717) is 23.5 Å². The molecule has 1 aromatic carbocycles. The predicted octanol–water partition coefficient (Wildman–Crippen LogP) is 3.47. The fourth-order valence-electron chi connectivity index (χ4n) is 5.83. The molecule has 2 heteroatoms. The second-order valence-corrected chi connectivity index (χ2v) is 7.79. The van der Waals surface area contributed by atoms with Gasteiger partial charge in [-0.2, -0.15) is 0 Å². The zero-order valence-electron chi connectivity index (χ0n) is 13.1. The summed E-state index contributed by atoms with van der Waals surface area (Å²) in [6.07, 6.45) is 10.8. The van der Waals surface area contributed by atoms with Gasteiger partial charge in [-0.15, -0.1) is 12.3 Å². The summed E-state index contributed by atoms with van der Waals surface area (Å²) in [5, 5.41) is 20.3. The lowest BCUT2D eigenvalue weighted by Crippen LogP contribution is -2.47. The van der Waals surface area contributed by atoms with Crippen molar-refractivity contribution in [2.75, 3.05) is 0 Å². The van der Waals surface area contributed by atoms with E-state index in [1.165, 1.54) is 11.1 Å². The van der Waals surface area contributed by atoms with Gasteiger partial charge in [-0.3, -0.25) is 0 Å². The van der Waals surface area contributed by atoms with E-state index in [0.717, 1.165) is 32.1 Å².